The van der Waals surface area contributed by atoms with E-state index in [0.29, 0.717) is 57.5 Å². The van der Waals surface area contributed by atoms with E-state index < -0.39 is 23.3 Å². The molecule has 8 rings (SSSR count). The summed E-state index contributed by atoms with van der Waals surface area (Å²) >= 11 is 7.75. The third-order valence-corrected chi connectivity index (χ3v) is 12.5. The lowest BCUT2D eigenvalue weighted by Gasteiger charge is -2.51. The van der Waals surface area contributed by atoms with Crippen LogP contribution in [0.4, 0.5) is 29.3 Å². The van der Waals surface area contributed by atoms with Gasteiger partial charge in [0.05, 0.1) is 34.4 Å². The number of alkyl halides is 3. The Labute approximate surface area is 293 Å². The highest BCUT2D eigenvalue weighted by molar-refractivity contribution is 7.10. The van der Waals surface area contributed by atoms with E-state index in [1.165, 1.54) is 18.9 Å². The van der Waals surface area contributed by atoms with Gasteiger partial charge in [0.1, 0.15) is 0 Å². The van der Waals surface area contributed by atoms with Crippen LogP contribution in [0.25, 0.3) is 0 Å². The molecule has 0 radical (unpaired) electrons. The average molecular weight is 722 g/mol. The number of rotatable bonds is 7. The molecule has 0 saturated carbocycles. The smallest absolute Gasteiger partial charge is 0.397 e. The number of hydrogen-bond donors (Lipinski definition) is 2. The second-order valence-corrected chi connectivity index (χ2v) is 15.5. The molecule has 1 aromatic carbocycles. The van der Waals surface area contributed by atoms with Gasteiger partial charge in [0, 0.05) is 69.2 Å². The van der Waals surface area contributed by atoms with Gasteiger partial charge in [0.25, 0.3) is 0 Å². The molecule has 266 valence electrons. The first kappa shape index (κ1) is 34.4. The minimum absolute atomic E-state index is 0.0260. The first-order valence-corrected chi connectivity index (χ1v) is 18.5. The number of likely N-dealkylation sites (tertiary alicyclic amines) is 1. The molecule has 5 fully saturated rings. The summed E-state index contributed by atoms with van der Waals surface area (Å²) in [5.41, 5.74) is 5.15. The van der Waals surface area contributed by atoms with Crippen LogP contribution < -0.4 is 11.1 Å². The normalized spacial score (nSPS) is 25.7. The number of nitrogen functional groups attached to an aromatic ring is 1. The molecule has 2 aromatic rings. The molecule has 0 aliphatic carbocycles. The standard InChI is InChI=1S/C34H43ClF3N7O3S/c35-26-17-21(16-25(31(26)39)34(36,37)38)15-23(32(47)44-12-10-42(11-13-44)28-19-41-6-1-22(28)2-7-41)18-30(46)43-8-3-24(4-9-43)45-20-29-27(5-14-49-29)40-33(45)48/h5,14,16-17,22-24,28H,1-4,6-13,15,18-20,39H2,(H,40,48)/t23-,28?/m0/s1. The maximum Gasteiger partial charge on any atom is 0.418 e. The second kappa shape index (κ2) is 13.9. The number of nitrogens with zero attached hydrogens (tertiary/aromatic N) is 5. The molecule has 7 heterocycles. The fourth-order valence-electron chi connectivity index (χ4n) is 8.49. The highest BCUT2D eigenvalue weighted by Gasteiger charge is 2.41. The van der Waals surface area contributed by atoms with Crippen molar-refractivity contribution >= 4 is 52.2 Å². The molecule has 15 heteroatoms. The van der Waals surface area contributed by atoms with E-state index in [4.69, 9.17) is 17.3 Å². The number of urea groups is 1. The molecule has 10 nitrogen and oxygen atoms in total. The maximum atomic E-state index is 14.1. The van der Waals surface area contributed by atoms with Crippen LogP contribution in [0.1, 0.15) is 48.1 Å². The molecule has 0 spiro atoms. The minimum Gasteiger partial charge on any atom is -0.397 e. The number of anilines is 2. The van der Waals surface area contributed by atoms with Crippen LogP contribution in [0.5, 0.6) is 0 Å². The van der Waals surface area contributed by atoms with Crippen LogP contribution in [-0.4, -0.2) is 113 Å². The van der Waals surface area contributed by atoms with Crippen LogP contribution in [0.15, 0.2) is 23.6 Å². The number of piperidine rings is 4. The zero-order chi connectivity index (χ0) is 34.4. The van der Waals surface area contributed by atoms with Gasteiger partial charge in [-0.05, 0) is 80.3 Å². The van der Waals surface area contributed by atoms with Crippen molar-refractivity contribution in [1.82, 2.24) is 24.5 Å². The Bertz CT molecular complexity index is 1570. The molecule has 6 aliphatic rings. The molecular formula is C34H43ClF3N7O3S. The van der Waals surface area contributed by atoms with Crippen molar-refractivity contribution < 1.29 is 27.6 Å². The van der Waals surface area contributed by atoms with Crippen LogP contribution in [0.2, 0.25) is 5.02 Å². The third kappa shape index (κ3) is 7.24. The summed E-state index contributed by atoms with van der Waals surface area (Å²) in [7, 11) is 0. The predicted molar refractivity (Wildman–Crippen MR) is 182 cm³/mol. The second-order valence-electron chi connectivity index (χ2n) is 14.1. The van der Waals surface area contributed by atoms with Gasteiger partial charge >= 0.3 is 12.2 Å². The quantitative estimate of drug-likeness (QED) is 0.398. The number of amides is 4. The van der Waals surface area contributed by atoms with E-state index in [1.54, 1.807) is 21.1 Å². The summed E-state index contributed by atoms with van der Waals surface area (Å²) in [6, 6.07) is 4.54. The van der Waals surface area contributed by atoms with Crippen molar-refractivity contribution in [2.24, 2.45) is 11.8 Å². The topological polar surface area (TPSA) is 105 Å². The Morgan fingerprint density at radius 1 is 1.00 bits per heavy atom. The van der Waals surface area contributed by atoms with Gasteiger partial charge in [-0.1, -0.05) is 11.6 Å². The first-order valence-electron chi connectivity index (χ1n) is 17.3. The van der Waals surface area contributed by atoms with Crippen LogP contribution in [0.3, 0.4) is 0 Å². The van der Waals surface area contributed by atoms with Crippen molar-refractivity contribution in [2.75, 3.05) is 70.0 Å². The summed E-state index contributed by atoms with van der Waals surface area (Å²) in [6.07, 6.45) is -1.31. The number of carbonyl (C=O) groups is 3. The van der Waals surface area contributed by atoms with Crippen LogP contribution in [-0.2, 0) is 28.7 Å². The van der Waals surface area contributed by atoms with Gasteiger partial charge in [-0.15, -0.1) is 11.3 Å². The average Bonchev–Trinajstić information content (AvgIpc) is 3.56. The lowest BCUT2D eigenvalue weighted by molar-refractivity contribution is -0.143. The monoisotopic (exact) mass is 721 g/mol. The van der Waals surface area contributed by atoms with E-state index >= 15 is 0 Å². The van der Waals surface area contributed by atoms with Gasteiger partial charge in [0.15, 0.2) is 0 Å². The molecule has 6 aliphatic heterocycles. The van der Waals surface area contributed by atoms with Gasteiger partial charge in [0.2, 0.25) is 11.8 Å². The molecule has 2 bridgehead atoms. The fraction of sp³-hybridized carbons (Fsp3) is 0.618. The minimum atomic E-state index is -4.72. The molecule has 5 saturated heterocycles. The first-order chi connectivity index (χ1) is 23.4. The number of nitrogens with two attached hydrogens (primary N) is 1. The van der Waals surface area contributed by atoms with E-state index in [2.05, 4.69) is 15.1 Å². The zero-order valence-electron chi connectivity index (χ0n) is 27.4. The summed E-state index contributed by atoms with van der Waals surface area (Å²) in [5, 5.41) is 4.67. The number of hydrogen-bond acceptors (Lipinski definition) is 7. The molecule has 2 atom stereocenters. The van der Waals surface area contributed by atoms with Gasteiger partial charge in [-0.3, -0.25) is 14.5 Å². The summed E-state index contributed by atoms with van der Waals surface area (Å²) in [4.78, 5) is 52.1. The van der Waals surface area contributed by atoms with Crippen LogP contribution in [0, 0.1) is 11.8 Å². The van der Waals surface area contributed by atoms with Crippen molar-refractivity contribution in [3.05, 3.63) is 44.6 Å². The molecular weight excluding hydrogens is 679 g/mol. The van der Waals surface area contributed by atoms with E-state index in [0.717, 1.165) is 49.4 Å². The van der Waals surface area contributed by atoms with E-state index in [9.17, 15) is 27.6 Å². The Hall–Kier alpha value is -3.07. The molecule has 3 N–H and O–H groups in total. The van der Waals surface area contributed by atoms with Crippen LogP contribution >= 0.6 is 22.9 Å². The maximum absolute atomic E-state index is 14.1. The summed E-state index contributed by atoms with van der Waals surface area (Å²) in [5.74, 6) is -0.629. The van der Waals surface area contributed by atoms with Gasteiger partial charge in [-0.2, -0.15) is 13.2 Å². The summed E-state index contributed by atoms with van der Waals surface area (Å²) < 4.78 is 41.5. The van der Waals surface area contributed by atoms with Gasteiger partial charge < -0.3 is 30.7 Å². The van der Waals surface area contributed by atoms with Crippen molar-refractivity contribution in [2.45, 2.75) is 63.3 Å². The largest absolute Gasteiger partial charge is 0.418 e. The number of thiophene rings is 1. The molecule has 1 unspecified atom stereocenters. The van der Waals surface area contributed by atoms with E-state index in [-0.39, 0.29) is 47.3 Å². The van der Waals surface area contributed by atoms with Gasteiger partial charge in [-0.25, -0.2) is 4.79 Å². The number of halogens is 4. The Kier molecular flexibility index (Phi) is 9.77. The zero-order valence-corrected chi connectivity index (χ0v) is 29.0. The molecule has 1 aromatic heterocycles. The Morgan fingerprint density at radius 2 is 1.71 bits per heavy atom. The predicted octanol–water partition coefficient (Wildman–Crippen LogP) is 4.83. The lowest BCUT2D eigenvalue weighted by atomic mass is 9.83. The van der Waals surface area contributed by atoms with Crippen molar-refractivity contribution in [1.29, 1.82) is 0 Å². The third-order valence-electron chi connectivity index (χ3n) is 11.3. The SMILES string of the molecule is Nc1c(Cl)cc(C[C@@H](CC(=O)N2CCC(N3Cc4sccc4NC3=O)CC2)C(=O)N2CCN(C3CN4CCC3CC4)CC2)cc1C(F)(F)F. The highest BCUT2D eigenvalue weighted by Crippen LogP contribution is 2.39. The van der Waals surface area contributed by atoms with Crippen molar-refractivity contribution in [3.63, 3.8) is 0 Å². The fourth-order valence-corrected chi connectivity index (χ4v) is 9.56. The Morgan fingerprint density at radius 3 is 2.37 bits per heavy atom. The molecule has 4 amide bonds. The molecule has 49 heavy (non-hydrogen) atoms. The number of carbonyl (C=O) groups excluding carboxylic acids is 3. The number of piperazine rings is 1. The number of benzene rings is 1. The lowest BCUT2D eigenvalue weighted by Crippen LogP contribution is -2.61. The van der Waals surface area contributed by atoms with E-state index in [1.807, 2.05) is 16.3 Å². The highest BCUT2D eigenvalue weighted by atomic mass is 35.5. The Balaban J connectivity index is 1.03. The number of nitrogens with one attached hydrogen (secondary N) is 1. The number of fused-ring (bicyclic) bond motifs is 4. The van der Waals surface area contributed by atoms with Crippen molar-refractivity contribution in [3.8, 4) is 0 Å². The summed E-state index contributed by atoms with van der Waals surface area (Å²) in [6.45, 7) is 7.25.